The third-order valence-electron chi connectivity index (χ3n) is 2.89. The van der Waals surface area contributed by atoms with E-state index in [1.807, 2.05) is 0 Å². The molecule has 1 aliphatic heterocycles. The van der Waals surface area contributed by atoms with Crippen molar-refractivity contribution in [2.24, 2.45) is 0 Å². The van der Waals surface area contributed by atoms with Gasteiger partial charge in [-0.25, -0.2) is 0 Å². The molecule has 0 aromatic heterocycles. The summed E-state index contributed by atoms with van der Waals surface area (Å²) < 4.78 is 45.4. The first kappa shape index (κ1) is 13.7. The molecule has 1 aromatic carbocycles. The molecule has 3 nitrogen and oxygen atoms in total. The Morgan fingerprint density at radius 2 is 1.89 bits per heavy atom. The number of rotatable bonds is 2. The van der Waals surface area contributed by atoms with Gasteiger partial charge in [-0.05, 0) is 37.0 Å². The van der Waals surface area contributed by atoms with E-state index in [0.717, 1.165) is 18.4 Å². The van der Waals surface area contributed by atoms with Crippen LogP contribution in [-0.4, -0.2) is 12.5 Å². The maximum Gasteiger partial charge on any atom is 0.573 e. The Balaban J connectivity index is 2.04. The van der Waals surface area contributed by atoms with E-state index in [1.165, 1.54) is 24.3 Å². The van der Waals surface area contributed by atoms with Gasteiger partial charge in [0.1, 0.15) is 11.9 Å². The maximum absolute atomic E-state index is 12.0. The summed E-state index contributed by atoms with van der Waals surface area (Å²) in [6, 6.07) is 7.62. The van der Waals surface area contributed by atoms with Crippen molar-refractivity contribution in [3.8, 4) is 11.8 Å². The van der Waals surface area contributed by atoms with Gasteiger partial charge in [-0.1, -0.05) is 12.1 Å². The summed E-state index contributed by atoms with van der Waals surface area (Å²) in [5, 5.41) is 8.81. The van der Waals surface area contributed by atoms with E-state index < -0.39 is 12.5 Å². The standard InChI is InChI=1S/C13H12F3NO2/c14-13(15,16)19-10-6-4-9(5-7-10)12-3-1-2-11(8-17)18-12/h4-7,11-12H,1-3H2/t11-,12-/m1/s1. The molecule has 0 N–H and O–H groups in total. The SMILES string of the molecule is N#C[C@H]1CCC[C@H](c2ccc(OC(F)(F)F)cc2)O1. The van der Waals surface area contributed by atoms with Crippen molar-refractivity contribution in [3.05, 3.63) is 29.8 Å². The molecule has 0 saturated carbocycles. The Labute approximate surface area is 108 Å². The second-order valence-corrected chi connectivity index (χ2v) is 4.29. The zero-order valence-electron chi connectivity index (χ0n) is 9.98. The van der Waals surface area contributed by atoms with E-state index in [0.29, 0.717) is 6.42 Å². The van der Waals surface area contributed by atoms with Crippen LogP contribution in [0.2, 0.25) is 0 Å². The Hall–Kier alpha value is -1.74. The number of ether oxygens (including phenoxy) is 2. The van der Waals surface area contributed by atoms with Crippen molar-refractivity contribution in [1.29, 1.82) is 5.26 Å². The Bertz CT molecular complexity index is 464. The second-order valence-electron chi connectivity index (χ2n) is 4.29. The van der Waals surface area contributed by atoms with Gasteiger partial charge < -0.3 is 9.47 Å². The van der Waals surface area contributed by atoms with Crippen molar-refractivity contribution >= 4 is 0 Å². The minimum absolute atomic E-state index is 0.238. The molecule has 6 heteroatoms. The molecule has 102 valence electrons. The lowest BCUT2D eigenvalue weighted by molar-refractivity contribution is -0.274. The van der Waals surface area contributed by atoms with Gasteiger partial charge in [0.15, 0.2) is 0 Å². The zero-order valence-corrected chi connectivity index (χ0v) is 9.98. The summed E-state index contributed by atoms with van der Waals surface area (Å²) >= 11 is 0. The van der Waals surface area contributed by atoms with Crippen LogP contribution in [0, 0.1) is 11.3 Å². The van der Waals surface area contributed by atoms with Gasteiger partial charge >= 0.3 is 6.36 Å². The molecule has 0 unspecified atom stereocenters. The number of benzene rings is 1. The molecule has 0 radical (unpaired) electrons. The quantitative estimate of drug-likeness (QED) is 0.823. The van der Waals surface area contributed by atoms with Crippen LogP contribution < -0.4 is 4.74 Å². The van der Waals surface area contributed by atoms with E-state index in [-0.39, 0.29) is 11.9 Å². The highest BCUT2D eigenvalue weighted by Crippen LogP contribution is 2.32. The van der Waals surface area contributed by atoms with E-state index in [2.05, 4.69) is 10.8 Å². The molecule has 1 saturated heterocycles. The molecule has 19 heavy (non-hydrogen) atoms. The predicted octanol–water partition coefficient (Wildman–Crippen LogP) is 3.72. The molecular weight excluding hydrogens is 259 g/mol. The van der Waals surface area contributed by atoms with Crippen LogP contribution in [0.1, 0.15) is 30.9 Å². The molecule has 1 fully saturated rings. The number of halogens is 3. The molecule has 2 rings (SSSR count). The predicted molar refractivity (Wildman–Crippen MR) is 60.2 cm³/mol. The molecule has 1 aromatic rings. The lowest BCUT2D eigenvalue weighted by Gasteiger charge is -2.26. The highest BCUT2D eigenvalue weighted by Gasteiger charge is 2.31. The topological polar surface area (TPSA) is 42.2 Å². The summed E-state index contributed by atoms with van der Waals surface area (Å²) in [7, 11) is 0. The second kappa shape index (κ2) is 5.49. The normalized spacial score (nSPS) is 23.7. The first-order valence-corrected chi connectivity index (χ1v) is 5.89. The summed E-state index contributed by atoms with van der Waals surface area (Å²) in [5.74, 6) is -0.260. The lowest BCUT2D eigenvalue weighted by Crippen LogP contribution is -2.21. The fourth-order valence-corrected chi connectivity index (χ4v) is 2.05. The largest absolute Gasteiger partial charge is 0.573 e. The summed E-state index contributed by atoms with van der Waals surface area (Å²) in [6.45, 7) is 0. The van der Waals surface area contributed by atoms with Crippen LogP contribution in [0.15, 0.2) is 24.3 Å². The van der Waals surface area contributed by atoms with Crippen molar-refractivity contribution in [3.63, 3.8) is 0 Å². The van der Waals surface area contributed by atoms with Crippen molar-refractivity contribution in [2.45, 2.75) is 37.8 Å². The van der Waals surface area contributed by atoms with Gasteiger partial charge in [-0.2, -0.15) is 5.26 Å². The molecule has 0 spiro atoms. The van der Waals surface area contributed by atoms with Crippen LogP contribution in [0.25, 0.3) is 0 Å². The molecule has 2 atom stereocenters. The van der Waals surface area contributed by atoms with E-state index in [4.69, 9.17) is 10.00 Å². The molecule has 0 aliphatic carbocycles. The number of hydrogen-bond donors (Lipinski definition) is 0. The average Bonchev–Trinajstić information content (AvgIpc) is 2.38. The Morgan fingerprint density at radius 1 is 1.21 bits per heavy atom. The lowest BCUT2D eigenvalue weighted by atomic mass is 9.99. The number of alkyl halides is 3. The van der Waals surface area contributed by atoms with E-state index in [9.17, 15) is 13.2 Å². The van der Waals surface area contributed by atoms with Gasteiger partial charge in [0.25, 0.3) is 0 Å². The molecule has 0 amide bonds. The van der Waals surface area contributed by atoms with Gasteiger partial charge in [-0.15, -0.1) is 13.2 Å². The number of nitrogens with zero attached hydrogens (tertiary/aromatic N) is 1. The highest BCUT2D eigenvalue weighted by molar-refractivity contribution is 5.29. The molecular formula is C13H12F3NO2. The van der Waals surface area contributed by atoms with Crippen LogP contribution in [-0.2, 0) is 4.74 Å². The van der Waals surface area contributed by atoms with Crippen molar-refractivity contribution in [2.75, 3.05) is 0 Å². The van der Waals surface area contributed by atoms with E-state index >= 15 is 0 Å². The van der Waals surface area contributed by atoms with E-state index in [1.54, 1.807) is 0 Å². The number of hydrogen-bond acceptors (Lipinski definition) is 3. The van der Waals surface area contributed by atoms with Crippen LogP contribution in [0.5, 0.6) is 5.75 Å². The maximum atomic E-state index is 12.0. The minimum Gasteiger partial charge on any atom is -0.406 e. The number of nitriles is 1. The van der Waals surface area contributed by atoms with Crippen LogP contribution in [0.3, 0.4) is 0 Å². The van der Waals surface area contributed by atoms with Gasteiger partial charge in [0, 0.05) is 0 Å². The first-order chi connectivity index (χ1) is 8.98. The fraction of sp³-hybridized carbons (Fsp3) is 0.462. The Morgan fingerprint density at radius 3 is 2.47 bits per heavy atom. The van der Waals surface area contributed by atoms with Crippen molar-refractivity contribution in [1.82, 2.24) is 0 Å². The van der Waals surface area contributed by atoms with Gasteiger partial charge in [0.2, 0.25) is 0 Å². The molecule has 0 bridgehead atoms. The van der Waals surface area contributed by atoms with Gasteiger partial charge in [-0.3, -0.25) is 0 Å². The zero-order chi connectivity index (χ0) is 13.9. The summed E-state index contributed by atoms with van der Waals surface area (Å²) in [5.41, 5.74) is 0.759. The third-order valence-corrected chi connectivity index (χ3v) is 2.89. The smallest absolute Gasteiger partial charge is 0.406 e. The fourth-order valence-electron chi connectivity index (χ4n) is 2.05. The van der Waals surface area contributed by atoms with Crippen LogP contribution in [0.4, 0.5) is 13.2 Å². The monoisotopic (exact) mass is 271 g/mol. The van der Waals surface area contributed by atoms with Crippen molar-refractivity contribution < 1.29 is 22.6 Å². The van der Waals surface area contributed by atoms with Gasteiger partial charge in [0.05, 0.1) is 12.2 Å². The molecule has 1 aliphatic rings. The minimum atomic E-state index is -4.69. The first-order valence-electron chi connectivity index (χ1n) is 5.89. The molecule has 1 heterocycles. The average molecular weight is 271 g/mol. The highest BCUT2D eigenvalue weighted by atomic mass is 19.4. The summed E-state index contributed by atoms with van der Waals surface area (Å²) in [4.78, 5) is 0. The Kier molecular flexibility index (Phi) is 3.96. The van der Waals surface area contributed by atoms with Crippen LogP contribution >= 0.6 is 0 Å². The summed E-state index contributed by atoms with van der Waals surface area (Å²) in [6.07, 6.45) is -3.04. The third kappa shape index (κ3) is 3.86.